The third-order valence-electron chi connectivity index (χ3n) is 4.62. The molecule has 1 aromatic carbocycles. The number of aryl methyl sites for hydroxylation is 1. The van der Waals surface area contributed by atoms with Crippen LogP contribution in [0.25, 0.3) is 0 Å². The maximum Gasteiger partial charge on any atom is 0.244 e. The van der Waals surface area contributed by atoms with Crippen LogP contribution >= 0.6 is 0 Å². The molecule has 0 spiro atoms. The molecule has 2 aromatic rings. The van der Waals surface area contributed by atoms with Crippen LogP contribution in [0.3, 0.4) is 0 Å². The molecule has 3 rings (SSSR count). The van der Waals surface area contributed by atoms with Gasteiger partial charge in [0.1, 0.15) is 12.2 Å². The van der Waals surface area contributed by atoms with E-state index < -0.39 is 0 Å². The first kappa shape index (κ1) is 15.7. The fourth-order valence-corrected chi connectivity index (χ4v) is 3.24. The molecule has 122 valence electrons. The van der Waals surface area contributed by atoms with E-state index in [0.29, 0.717) is 5.69 Å². The highest BCUT2D eigenvalue weighted by Gasteiger charge is 2.31. The molecule has 0 radical (unpaired) electrons. The number of hydrogen-bond acceptors (Lipinski definition) is 4. The van der Waals surface area contributed by atoms with E-state index in [-0.39, 0.29) is 25.1 Å². The van der Waals surface area contributed by atoms with Gasteiger partial charge in [0.2, 0.25) is 5.91 Å². The van der Waals surface area contributed by atoms with Crippen LogP contribution in [-0.4, -0.2) is 37.5 Å². The molecule has 1 aliphatic rings. The van der Waals surface area contributed by atoms with Gasteiger partial charge < -0.3 is 10.0 Å². The Hall–Kier alpha value is -2.21. The molecule has 0 unspecified atom stereocenters. The van der Waals surface area contributed by atoms with Gasteiger partial charge in [-0.1, -0.05) is 23.4 Å². The third-order valence-corrected chi connectivity index (χ3v) is 4.62. The highest BCUT2D eigenvalue weighted by molar-refractivity contribution is 5.77. The molecule has 0 aliphatic carbocycles. The number of benzene rings is 1. The van der Waals surface area contributed by atoms with Crippen molar-refractivity contribution in [1.29, 1.82) is 0 Å². The lowest BCUT2D eigenvalue weighted by Gasteiger charge is -2.26. The first-order chi connectivity index (χ1) is 11.1. The summed E-state index contributed by atoms with van der Waals surface area (Å²) in [5.74, 6) is 0.0443. The first-order valence-electron chi connectivity index (χ1n) is 7.95. The van der Waals surface area contributed by atoms with Gasteiger partial charge in [-0.3, -0.25) is 4.79 Å². The summed E-state index contributed by atoms with van der Waals surface area (Å²) < 4.78 is 1.49. The van der Waals surface area contributed by atoms with Gasteiger partial charge in [-0.05, 0) is 43.4 Å². The second-order valence-corrected chi connectivity index (χ2v) is 6.10. The number of aliphatic hydroxyl groups is 1. The minimum Gasteiger partial charge on any atom is -0.390 e. The summed E-state index contributed by atoms with van der Waals surface area (Å²) in [6, 6.07) is 6.43. The fourth-order valence-electron chi connectivity index (χ4n) is 3.24. The average Bonchev–Trinajstić information content (AvgIpc) is 3.18. The minimum absolute atomic E-state index is 0.0443. The second kappa shape index (κ2) is 6.50. The van der Waals surface area contributed by atoms with Gasteiger partial charge in [0.15, 0.2) is 0 Å². The Labute approximate surface area is 135 Å². The number of aromatic nitrogens is 3. The summed E-state index contributed by atoms with van der Waals surface area (Å²) >= 11 is 0. The van der Waals surface area contributed by atoms with Crippen LogP contribution in [0.4, 0.5) is 0 Å². The van der Waals surface area contributed by atoms with Gasteiger partial charge in [0, 0.05) is 6.54 Å². The van der Waals surface area contributed by atoms with Crippen molar-refractivity contribution in [3.63, 3.8) is 0 Å². The van der Waals surface area contributed by atoms with Crippen molar-refractivity contribution in [2.75, 3.05) is 6.54 Å². The van der Waals surface area contributed by atoms with E-state index in [1.54, 1.807) is 6.20 Å². The molecule has 1 fully saturated rings. The number of amides is 1. The van der Waals surface area contributed by atoms with Gasteiger partial charge in [0.25, 0.3) is 0 Å². The Morgan fingerprint density at radius 1 is 1.39 bits per heavy atom. The molecule has 1 saturated heterocycles. The first-order valence-corrected chi connectivity index (χ1v) is 7.95. The Balaban J connectivity index is 1.78. The number of carbonyl (C=O) groups is 1. The number of carbonyl (C=O) groups excluding carboxylic acids is 1. The molecular weight excluding hydrogens is 292 g/mol. The quantitative estimate of drug-likeness (QED) is 0.933. The topological polar surface area (TPSA) is 71.2 Å². The van der Waals surface area contributed by atoms with Crippen LogP contribution in [0.1, 0.15) is 41.3 Å². The zero-order valence-corrected chi connectivity index (χ0v) is 13.6. The summed E-state index contributed by atoms with van der Waals surface area (Å²) in [7, 11) is 0. The van der Waals surface area contributed by atoms with Crippen LogP contribution in [0.5, 0.6) is 0 Å². The molecule has 0 bridgehead atoms. The molecule has 6 nitrogen and oxygen atoms in total. The Bertz CT molecular complexity index is 710. The van der Waals surface area contributed by atoms with E-state index in [4.69, 9.17) is 5.11 Å². The predicted molar refractivity (Wildman–Crippen MR) is 85.5 cm³/mol. The van der Waals surface area contributed by atoms with E-state index in [2.05, 4.69) is 42.4 Å². The Morgan fingerprint density at radius 2 is 2.22 bits per heavy atom. The second-order valence-electron chi connectivity index (χ2n) is 6.10. The predicted octanol–water partition coefficient (Wildman–Crippen LogP) is 1.75. The van der Waals surface area contributed by atoms with Crippen molar-refractivity contribution >= 4 is 5.91 Å². The molecule has 2 heterocycles. The summed E-state index contributed by atoms with van der Waals surface area (Å²) in [6.45, 7) is 5.00. The summed E-state index contributed by atoms with van der Waals surface area (Å²) in [6.07, 6.45) is 3.62. The van der Waals surface area contributed by atoms with Gasteiger partial charge >= 0.3 is 0 Å². The largest absolute Gasteiger partial charge is 0.390 e. The smallest absolute Gasteiger partial charge is 0.244 e. The third kappa shape index (κ3) is 3.12. The SMILES string of the molecule is Cc1cccc([C@H]2CCCN2C(=O)Cn2cc(CO)nn2)c1C. The lowest BCUT2D eigenvalue weighted by atomic mass is 9.96. The number of rotatable bonds is 4. The van der Waals surface area contributed by atoms with Crippen molar-refractivity contribution < 1.29 is 9.90 Å². The lowest BCUT2D eigenvalue weighted by Crippen LogP contribution is -2.34. The van der Waals surface area contributed by atoms with E-state index in [0.717, 1.165) is 19.4 Å². The maximum atomic E-state index is 12.7. The standard InChI is InChI=1S/C17H22N4O2/c1-12-5-3-6-15(13(12)2)16-7-4-8-21(16)17(23)10-20-9-14(11-22)18-19-20/h3,5-6,9,16,22H,4,7-8,10-11H2,1-2H3/t16-/m1/s1. The molecule has 23 heavy (non-hydrogen) atoms. The highest BCUT2D eigenvalue weighted by atomic mass is 16.3. The van der Waals surface area contributed by atoms with Gasteiger partial charge in [0.05, 0.1) is 18.8 Å². The van der Waals surface area contributed by atoms with Crippen molar-refractivity contribution in [3.8, 4) is 0 Å². The van der Waals surface area contributed by atoms with Crippen LogP contribution in [0.15, 0.2) is 24.4 Å². The maximum absolute atomic E-state index is 12.7. The number of hydrogen-bond donors (Lipinski definition) is 1. The fraction of sp³-hybridized carbons (Fsp3) is 0.471. The van der Waals surface area contributed by atoms with E-state index in [1.165, 1.54) is 21.4 Å². The molecular formula is C17H22N4O2. The van der Waals surface area contributed by atoms with Crippen molar-refractivity contribution in [3.05, 3.63) is 46.8 Å². The zero-order chi connectivity index (χ0) is 16.4. The van der Waals surface area contributed by atoms with E-state index in [9.17, 15) is 4.79 Å². The van der Waals surface area contributed by atoms with E-state index >= 15 is 0 Å². The summed E-state index contributed by atoms with van der Waals surface area (Å²) in [5, 5.41) is 16.7. The van der Waals surface area contributed by atoms with Crippen LogP contribution in [0.2, 0.25) is 0 Å². The Morgan fingerprint density at radius 3 is 2.96 bits per heavy atom. The lowest BCUT2D eigenvalue weighted by molar-refractivity contribution is -0.133. The molecule has 1 aliphatic heterocycles. The molecule has 1 amide bonds. The molecule has 0 saturated carbocycles. The summed E-state index contributed by atoms with van der Waals surface area (Å²) in [4.78, 5) is 14.6. The van der Waals surface area contributed by atoms with Crippen molar-refractivity contribution in [1.82, 2.24) is 19.9 Å². The zero-order valence-electron chi connectivity index (χ0n) is 13.6. The van der Waals surface area contributed by atoms with Gasteiger partial charge in [-0.15, -0.1) is 5.10 Å². The number of likely N-dealkylation sites (tertiary alicyclic amines) is 1. The molecule has 6 heteroatoms. The molecule has 1 aromatic heterocycles. The average molecular weight is 314 g/mol. The molecule has 1 atom stereocenters. The van der Waals surface area contributed by atoms with Gasteiger partial charge in [-0.2, -0.15) is 0 Å². The minimum atomic E-state index is -0.164. The normalized spacial score (nSPS) is 17.7. The Kier molecular flexibility index (Phi) is 4.43. The van der Waals surface area contributed by atoms with Crippen LogP contribution in [-0.2, 0) is 17.9 Å². The summed E-state index contributed by atoms with van der Waals surface area (Å²) in [5.41, 5.74) is 4.24. The molecule has 1 N–H and O–H groups in total. The van der Waals surface area contributed by atoms with Crippen LogP contribution < -0.4 is 0 Å². The van der Waals surface area contributed by atoms with Gasteiger partial charge in [-0.25, -0.2) is 4.68 Å². The van der Waals surface area contributed by atoms with E-state index in [1.807, 2.05) is 4.90 Å². The number of nitrogens with zero attached hydrogens (tertiary/aromatic N) is 4. The highest BCUT2D eigenvalue weighted by Crippen LogP contribution is 2.34. The van der Waals surface area contributed by atoms with Crippen molar-refractivity contribution in [2.45, 2.75) is 45.9 Å². The monoisotopic (exact) mass is 314 g/mol. The van der Waals surface area contributed by atoms with Crippen LogP contribution in [0, 0.1) is 13.8 Å². The number of aliphatic hydroxyl groups excluding tert-OH is 1. The van der Waals surface area contributed by atoms with Crippen molar-refractivity contribution in [2.24, 2.45) is 0 Å².